The van der Waals surface area contributed by atoms with Crippen LogP contribution >= 0.6 is 0 Å². The summed E-state index contributed by atoms with van der Waals surface area (Å²) in [6, 6.07) is 0. The minimum absolute atomic E-state index is 0. The molecule has 21 valence electrons. The Morgan fingerprint density at radius 3 is 1.00 bits per heavy atom. The maximum atomic E-state index is 0. The molecule has 4 heteroatoms. The van der Waals surface area contributed by atoms with Gasteiger partial charge in [0.1, 0.15) is 0 Å². The molecule has 0 fully saturated rings. The maximum absolute atomic E-state index is 0. The Morgan fingerprint density at radius 1 is 1.00 bits per heavy atom. The Morgan fingerprint density at radius 2 is 1.00 bits per heavy atom. The molecule has 4 heavy (non-hydrogen) atoms. The van der Waals surface area contributed by atoms with Gasteiger partial charge >= 0.3 is 94.4 Å². The van der Waals surface area contributed by atoms with Crippen LogP contribution in [0.4, 0.5) is 0 Å². The van der Waals surface area contributed by atoms with Gasteiger partial charge in [-0.3, -0.25) is 0 Å². The molecule has 3 radical (unpaired) electrons. The summed E-state index contributed by atoms with van der Waals surface area (Å²) >= 11 is 0. The van der Waals surface area contributed by atoms with Gasteiger partial charge in [-0.1, -0.05) is 0 Å². The second kappa shape index (κ2) is 15.8. The standard InChI is InChI=1S/Ba.Bi.H2O.Sr.4H/h;;1H2;;;;;. The van der Waals surface area contributed by atoms with E-state index >= 15 is 0 Å². The zero-order valence-corrected chi connectivity index (χ0v) is 4.42. The van der Waals surface area contributed by atoms with Crippen LogP contribution in [0.5, 0.6) is 0 Å². The number of rotatable bonds is 0. The van der Waals surface area contributed by atoms with E-state index in [1.165, 1.54) is 0 Å². The third-order valence-corrected chi connectivity index (χ3v) is 0. The van der Waals surface area contributed by atoms with E-state index in [1.54, 1.807) is 0 Å². The molecule has 0 rings (SSSR count). The van der Waals surface area contributed by atoms with E-state index < -0.39 is 0 Å². The zero-order chi connectivity index (χ0) is 0. The van der Waals surface area contributed by atoms with Gasteiger partial charge in [0.15, 0.2) is 0 Å². The average molecular weight is 456 g/mol. The summed E-state index contributed by atoms with van der Waals surface area (Å²) in [6.07, 6.45) is 0. The van der Waals surface area contributed by atoms with Gasteiger partial charge in [-0.2, -0.15) is 0 Å². The molecule has 0 spiro atoms. The molecule has 0 aromatic heterocycles. The molecule has 0 heterocycles. The van der Waals surface area contributed by atoms with Gasteiger partial charge in [-0.25, -0.2) is 0 Å². The van der Waals surface area contributed by atoms with Gasteiger partial charge in [0.25, 0.3) is 0 Å². The van der Waals surface area contributed by atoms with Crippen molar-refractivity contribution in [3.05, 3.63) is 0 Å². The molecule has 0 bridgehead atoms. The quantitative estimate of drug-likeness (QED) is 0.348. The van der Waals surface area contributed by atoms with Crippen LogP contribution in [0.2, 0.25) is 0 Å². The van der Waals surface area contributed by atoms with Gasteiger partial charge in [0.05, 0.1) is 0 Å². The van der Waals surface area contributed by atoms with Crippen LogP contribution in [0.1, 0.15) is 0 Å². The molecular formula is H6BaBiOSr. The van der Waals surface area contributed by atoms with E-state index in [-0.39, 0.29) is 126 Å². The van der Waals surface area contributed by atoms with Crippen molar-refractivity contribution in [2.24, 2.45) is 0 Å². The van der Waals surface area contributed by atoms with Crippen LogP contribution in [0.3, 0.4) is 0 Å². The summed E-state index contributed by atoms with van der Waals surface area (Å²) in [6.45, 7) is 0. The molecule has 0 atom stereocenters. The Kier molecular flexibility index (Phi) is 97.7. The third kappa shape index (κ3) is 9.31. The molecule has 0 aliphatic rings. The normalized spacial score (nSPS) is 0. The summed E-state index contributed by atoms with van der Waals surface area (Å²) in [4.78, 5) is 0. The fourth-order valence-corrected chi connectivity index (χ4v) is 0. The molecular weight excluding hydrogens is 450 g/mol. The zero-order valence-electron chi connectivity index (χ0n) is 0.947. The molecule has 0 aliphatic carbocycles. The fraction of sp³-hybridized carbons (Fsp3) is 0. The Balaban J connectivity index is 0. The average Bonchev–Trinajstić information content (AvgIpc) is 0. The van der Waals surface area contributed by atoms with Crippen molar-refractivity contribution < 1.29 is 5.48 Å². The minimum atomic E-state index is 0. The predicted molar refractivity (Wildman–Crippen MR) is 26.5 cm³/mol. The van der Waals surface area contributed by atoms with Crippen LogP contribution in [0, 0.1) is 0 Å². The first kappa shape index (κ1) is 24.7. The molecule has 0 saturated heterocycles. The van der Waals surface area contributed by atoms with E-state index in [1.807, 2.05) is 0 Å². The van der Waals surface area contributed by atoms with Crippen molar-refractivity contribution in [2.75, 3.05) is 0 Å². The van der Waals surface area contributed by atoms with Gasteiger partial charge in [0, 0.05) is 26.2 Å². The molecule has 0 aliphatic heterocycles. The molecule has 2 N–H and O–H groups in total. The van der Waals surface area contributed by atoms with Crippen LogP contribution < -0.4 is 0 Å². The molecule has 0 unspecified atom stereocenters. The van der Waals surface area contributed by atoms with E-state index in [2.05, 4.69) is 0 Å². The van der Waals surface area contributed by atoms with Crippen molar-refractivity contribution in [2.45, 2.75) is 0 Å². The van der Waals surface area contributed by atoms with Crippen molar-refractivity contribution in [3.8, 4) is 0 Å². The van der Waals surface area contributed by atoms with E-state index in [0.717, 1.165) is 0 Å². The van der Waals surface area contributed by atoms with Crippen molar-refractivity contribution in [1.29, 1.82) is 0 Å². The van der Waals surface area contributed by atoms with Gasteiger partial charge in [-0.05, 0) is 0 Å². The first-order valence-corrected chi connectivity index (χ1v) is 0. The summed E-state index contributed by atoms with van der Waals surface area (Å²) in [5, 5.41) is 0. The monoisotopic (exact) mass is 457 g/mol. The van der Waals surface area contributed by atoms with Crippen LogP contribution in [-0.4, -0.2) is 126 Å². The summed E-state index contributed by atoms with van der Waals surface area (Å²) in [5.41, 5.74) is 0. The fourth-order valence-electron chi connectivity index (χ4n) is 0. The van der Waals surface area contributed by atoms with Crippen molar-refractivity contribution in [1.82, 2.24) is 0 Å². The van der Waals surface area contributed by atoms with E-state index in [0.29, 0.717) is 0 Å². The van der Waals surface area contributed by atoms with E-state index in [9.17, 15) is 0 Å². The Bertz CT molecular complexity index is 8.00. The van der Waals surface area contributed by atoms with Crippen LogP contribution in [-0.2, 0) is 0 Å². The van der Waals surface area contributed by atoms with Gasteiger partial charge < -0.3 is 5.48 Å². The molecule has 0 saturated carbocycles. The molecule has 1 nitrogen and oxygen atoms in total. The number of hydrogen-bond acceptors (Lipinski definition) is 0. The SMILES string of the molecule is O.[BaH2].[Bi].[SrH2]. The predicted octanol–water partition coefficient (Wildman–Crippen LogP) is -3.04. The Labute approximate surface area is 122 Å². The molecule has 0 aromatic carbocycles. The van der Waals surface area contributed by atoms with E-state index in [4.69, 9.17) is 0 Å². The van der Waals surface area contributed by atoms with Crippen molar-refractivity contribution in [3.63, 3.8) is 0 Å². The number of hydrogen-bond donors (Lipinski definition) is 0. The summed E-state index contributed by atoms with van der Waals surface area (Å²) in [7, 11) is 0. The van der Waals surface area contributed by atoms with Gasteiger partial charge in [-0.15, -0.1) is 0 Å². The van der Waals surface area contributed by atoms with Crippen LogP contribution in [0.25, 0.3) is 0 Å². The third-order valence-electron chi connectivity index (χ3n) is 0. The first-order valence-electron chi connectivity index (χ1n) is 0. The van der Waals surface area contributed by atoms with Crippen LogP contribution in [0.15, 0.2) is 0 Å². The second-order valence-electron chi connectivity index (χ2n) is 0. The van der Waals surface area contributed by atoms with Crippen molar-refractivity contribution >= 4 is 121 Å². The molecule has 0 amide bonds. The second-order valence-corrected chi connectivity index (χ2v) is 0. The summed E-state index contributed by atoms with van der Waals surface area (Å²) < 4.78 is 0. The Hall–Kier alpha value is 3.90. The summed E-state index contributed by atoms with van der Waals surface area (Å²) in [5.74, 6) is 0. The molecule has 0 aromatic rings. The first-order chi connectivity index (χ1) is 0. The van der Waals surface area contributed by atoms with Gasteiger partial charge in [0.2, 0.25) is 0 Å². The topological polar surface area (TPSA) is 31.5 Å².